The van der Waals surface area contributed by atoms with Gasteiger partial charge in [-0.15, -0.1) is 0 Å². The minimum Gasteiger partial charge on any atom is -0.508 e. The van der Waals surface area contributed by atoms with E-state index in [-0.39, 0.29) is 5.75 Å². The number of hydrogen-bond acceptors (Lipinski definition) is 2. The molecule has 0 bridgehead atoms. The van der Waals surface area contributed by atoms with E-state index in [1.165, 1.54) is 24.3 Å². The Bertz CT molecular complexity index is 331. The lowest BCUT2D eigenvalue weighted by Crippen LogP contribution is -1.90. The summed E-state index contributed by atoms with van der Waals surface area (Å²) in [6, 6.07) is 5.78. The fourth-order valence-corrected chi connectivity index (χ4v) is 1.80. The van der Waals surface area contributed by atoms with Crippen LogP contribution >= 0.6 is 30.2 Å². The number of rotatable bonds is 2. The first kappa shape index (κ1) is 11.0. The molecule has 0 radical (unpaired) electrons. The molecular formula is C7H8IO4P. The molecule has 4 nitrogen and oxygen atoms in total. The number of aromatic hydroxyl groups is 1. The maximum atomic E-state index is 10.8. The summed E-state index contributed by atoms with van der Waals surface area (Å²) in [5.74, 6) is 0.0815. The SMILES string of the molecule is O=P(O)(O)C(I)c1ccc(O)cc1. The number of phenols is 1. The Morgan fingerprint density at radius 3 is 2.08 bits per heavy atom. The highest BCUT2D eigenvalue weighted by atomic mass is 127. The number of halogens is 1. The third-order valence-electron chi connectivity index (χ3n) is 1.46. The van der Waals surface area contributed by atoms with E-state index in [2.05, 4.69) is 0 Å². The van der Waals surface area contributed by atoms with Crippen LogP contribution in [-0.4, -0.2) is 14.9 Å². The largest absolute Gasteiger partial charge is 0.508 e. The van der Waals surface area contributed by atoms with Crippen molar-refractivity contribution < 1.29 is 19.5 Å². The number of benzene rings is 1. The number of alkyl halides is 1. The zero-order chi connectivity index (χ0) is 10.1. The first-order chi connectivity index (χ1) is 5.91. The normalized spacial score (nSPS) is 14.1. The van der Waals surface area contributed by atoms with E-state index in [1.807, 2.05) is 0 Å². The van der Waals surface area contributed by atoms with Gasteiger partial charge in [0.25, 0.3) is 0 Å². The number of hydrogen-bond donors (Lipinski definition) is 3. The van der Waals surface area contributed by atoms with Gasteiger partial charge in [0.15, 0.2) is 0 Å². The standard InChI is InChI=1S/C7H8IO4P/c8-7(13(10,11)12)5-1-3-6(9)4-2-5/h1-4,7,9H,(H2,10,11,12). The average Bonchev–Trinajstić information content (AvgIpc) is 2.03. The van der Waals surface area contributed by atoms with Crippen molar-refractivity contribution in [3.63, 3.8) is 0 Å². The highest BCUT2D eigenvalue weighted by Gasteiger charge is 2.27. The van der Waals surface area contributed by atoms with Crippen LogP contribution in [0.15, 0.2) is 24.3 Å². The lowest BCUT2D eigenvalue weighted by molar-refractivity contribution is 0.372. The zero-order valence-electron chi connectivity index (χ0n) is 6.46. The van der Waals surface area contributed by atoms with Gasteiger partial charge >= 0.3 is 7.60 Å². The second-order valence-electron chi connectivity index (χ2n) is 2.52. The Morgan fingerprint density at radius 1 is 1.23 bits per heavy atom. The van der Waals surface area contributed by atoms with Gasteiger partial charge in [-0.3, -0.25) is 4.57 Å². The summed E-state index contributed by atoms with van der Waals surface area (Å²) in [6.45, 7) is 0. The topological polar surface area (TPSA) is 77.8 Å². The first-order valence-corrected chi connectivity index (χ1v) is 6.32. The fraction of sp³-hybridized carbons (Fsp3) is 0.143. The minimum atomic E-state index is -4.09. The van der Waals surface area contributed by atoms with Crippen LogP contribution in [0, 0.1) is 0 Å². The van der Waals surface area contributed by atoms with E-state index in [9.17, 15) is 4.57 Å². The van der Waals surface area contributed by atoms with Crippen molar-refractivity contribution in [2.24, 2.45) is 0 Å². The van der Waals surface area contributed by atoms with E-state index < -0.39 is 11.3 Å². The van der Waals surface area contributed by atoms with E-state index in [0.29, 0.717) is 5.56 Å². The molecule has 0 aliphatic rings. The summed E-state index contributed by atoms with van der Waals surface area (Å²) < 4.78 is 9.99. The Hall–Kier alpha value is -0.100. The van der Waals surface area contributed by atoms with E-state index in [4.69, 9.17) is 14.9 Å². The van der Waals surface area contributed by atoms with Gasteiger partial charge in [0.1, 0.15) is 9.42 Å². The van der Waals surface area contributed by atoms with Crippen LogP contribution in [0.2, 0.25) is 0 Å². The van der Waals surface area contributed by atoms with Gasteiger partial charge in [-0.05, 0) is 17.7 Å². The lowest BCUT2D eigenvalue weighted by Gasteiger charge is -2.11. The second-order valence-corrected chi connectivity index (χ2v) is 6.44. The van der Waals surface area contributed by atoms with Gasteiger partial charge in [0.05, 0.1) is 0 Å². The fourth-order valence-electron chi connectivity index (χ4n) is 0.827. The Labute approximate surface area is 88.9 Å². The third-order valence-corrected chi connectivity index (χ3v) is 5.25. The molecule has 72 valence electrons. The molecule has 1 unspecified atom stereocenters. The summed E-state index contributed by atoms with van der Waals surface area (Å²) in [6.07, 6.45) is 0. The van der Waals surface area contributed by atoms with Gasteiger partial charge in [-0.1, -0.05) is 34.7 Å². The predicted molar refractivity (Wildman–Crippen MR) is 56.9 cm³/mol. The molecule has 3 N–H and O–H groups in total. The summed E-state index contributed by atoms with van der Waals surface area (Å²) in [5.41, 5.74) is 0.506. The monoisotopic (exact) mass is 314 g/mol. The van der Waals surface area contributed by atoms with Gasteiger partial charge < -0.3 is 14.9 Å². The van der Waals surface area contributed by atoms with E-state index in [0.717, 1.165) is 0 Å². The van der Waals surface area contributed by atoms with Crippen molar-refractivity contribution in [3.05, 3.63) is 29.8 Å². The summed E-state index contributed by atoms with van der Waals surface area (Å²) in [4.78, 5) is 17.7. The third kappa shape index (κ3) is 2.95. The maximum absolute atomic E-state index is 10.8. The predicted octanol–water partition coefficient (Wildman–Crippen LogP) is 2.00. The quantitative estimate of drug-likeness (QED) is 0.443. The zero-order valence-corrected chi connectivity index (χ0v) is 9.51. The van der Waals surface area contributed by atoms with Gasteiger partial charge in [0.2, 0.25) is 0 Å². The molecule has 0 saturated heterocycles. The van der Waals surface area contributed by atoms with Crippen LogP contribution in [-0.2, 0) is 4.57 Å². The van der Waals surface area contributed by atoms with Gasteiger partial charge in [-0.25, -0.2) is 0 Å². The van der Waals surface area contributed by atoms with Crippen molar-refractivity contribution in [1.82, 2.24) is 0 Å². The molecule has 0 fully saturated rings. The van der Waals surface area contributed by atoms with Crippen LogP contribution in [0.4, 0.5) is 0 Å². The van der Waals surface area contributed by atoms with Crippen LogP contribution in [0.25, 0.3) is 0 Å². The highest BCUT2D eigenvalue weighted by molar-refractivity contribution is 14.1. The molecule has 0 amide bonds. The van der Waals surface area contributed by atoms with Crippen LogP contribution < -0.4 is 0 Å². The summed E-state index contributed by atoms with van der Waals surface area (Å²) in [5, 5.41) is 8.94. The molecule has 0 saturated carbocycles. The van der Waals surface area contributed by atoms with Crippen LogP contribution in [0.3, 0.4) is 0 Å². The molecule has 0 heterocycles. The van der Waals surface area contributed by atoms with Gasteiger partial charge in [0, 0.05) is 0 Å². The molecule has 0 aromatic heterocycles. The second kappa shape index (κ2) is 3.96. The molecular weight excluding hydrogens is 306 g/mol. The average molecular weight is 314 g/mol. The molecule has 13 heavy (non-hydrogen) atoms. The van der Waals surface area contributed by atoms with E-state index >= 15 is 0 Å². The summed E-state index contributed by atoms with van der Waals surface area (Å²) >= 11 is 1.68. The van der Waals surface area contributed by atoms with Crippen molar-refractivity contribution in [3.8, 4) is 5.75 Å². The summed E-state index contributed by atoms with van der Waals surface area (Å²) in [7, 11) is -4.09. The maximum Gasteiger partial charge on any atom is 0.342 e. The molecule has 6 heteroatoms. The van der Waals surface area contributed by atoms with Crippen molar-refractivity contribution in [1.29, 1.82) is 0 Å². The molecule has 1 aromatic rings. The Morgan fingerprint density at radius 2 is 1.69 bits per heavy atom. The molecule has 1 rings (SSSR count). The molecule has 1 aromatic carbocycles. The molecule has 0 aliphatic heterocycles. The van der Waals surface area contributed by atoms with Crippen LogP contribution in [0.5, 0.6) is 5.75 Å². The minimum absolute atomic E-state index is 0.0815. The Balaban J connectivity index is 2.97. The number of phenolic OH excluding ortho intramolecular Hbond substituents is 1. The van der Waals surface area contributed by atoms with E-state index in [1.54, 1.807) is 22.6 Å². The lowest BCUT2D eigenvalue weighted by atomic mass is 10.2. The molecule has 0 aliphatic carbocycles. The van der Waals surface area contributed by atoms with Crippen LogP contribution in [0.1, 0.15) is 9.23 Å². The van der Waals surface area contributed by atoms with Crippen molar-refractivity contribution in [2.75, 3.05) is 0 Å². The molecule has 1 atom stereocenters. The smallest absolute Gasteiger partial charge is 0.342 e. The highest BCUT2D eigenvalue weighted by Crippen LogP contribution is 2.55. The first-order valence-electron chi connectivity index (χ1n) is 3.39. The van der Waals surface area contributed by atoms with Crippen molar-refractivity contribution >= 4 is 30.2 Å². The molecule has 0 spiro atoms. The van der Waals surface area contributed by atoms with Gasteiger partial charge in [-0.2, -0.15) is 0 Å². The van der Waals surface area contributed by atoms with Crippen molar-refractivity contribution in [2.45, 2.75) is 3.67 Å². The Kier molecular flexibility index (Phi) is 3.34.